The Labute approximate surface area is 197 Å². The van der Waals surface area contributed by atoms with Crippen LogP contribution in [0.5, 0.6) is 0 Å². The number of benzene rings is 3. The molecule has 0 aliphatic heterocycles. The zero-order valence-corrected chi connectivity index (χ0v) is 19.8. The quantitative estimate of drug-likeness (QED) is 0.236. The molecule has 0 N–H and O–H groups in total. The number of aromatic nitrogens is 1. The molecule has 1 aromatic heterocycles. The van der Waals surface area contributed by atoms with Gasteiger partial charge in [-0.05, 0) is 60.1 Å². The van der Waals surface area contributed by atoms with E-state index in [-0.39, 0.29) is 5.78 Å². The Balaban J connectivity index is 1.39. The number of aryl methyl sites for hydroxylation is 3. The molecule has 2 nitrogen and oxygen atoms in total. The second-order valence-corrected chi connectivity index (χ2v) is 8.60. The van der Waals surface area contributed by atoms with Gasteiger partial charge in [-0.25, -0.2) is 0 Å². The second kappa shape index (κ2) is 11.0. The van der Waals surface area contributed by atoms with Crippen LogP contribution in [0.3, 0.4) is 0 Å². The number of ketones is 1. The highest BCUT2D eigenvalue weighted by Crippen LogP contribution is 2.21. The van der Waals surface area contributed by atoms with Crippen molar-refractivity contribution in [1.29, 1.82) is 0 Å². The Kier molecular flexibility index (Phi) is 7.57. The van der Waals surface area contributed by atoms with E-state index >= 15 is 0 Å². The van der Waals surface area contributed by atoms with E-state index in [1.165, 1.54) is 28.1 Å². The van der Waals surface area contributed by atoms with Crippen LogP contribution in [0.4, 0.5) is 0 Å². The normalized spacial score (nSPS) is 11.0. The fraction of sp³-hybridized carbons (Fsp3) is 0.258. The van der Waals surface area contributed by atoms with Gasteiger partial charge in [0.2, 0.25) is 0 Å². The van der Waals surface area contributed by atoms with Gasteiger partial charge in [0.25, 0.3) is 0 Å². The average molecular weight is 436 g/mol. The zero-order chi connectivity index (χ0) is 23.0. The number of Topliss-reactive ketones (excluding diaryl/α,β-unsaturated/α-hetero) is 1. The van der Waals surface area contributed by atoms with E-state index in [0.29, 0.717) is 6.42 Å². The first-order chi connectivity index (χ1) is 16.2. The molecule has 2 heteroatoms. The molecule has 0 amide bonds. The third-order valence-corrected chi connectivity index (χ3v) is 6.50. The Morgan fingerprint density at radius 3 is 2.00 bits per heavy atom. The van der Waals surface area contributed by atoms with Gasteiger partial charge < -0.3 is 4.57 Å². The molecule has 168 valence electrons. The van der Waals surface area contributed by atoms with Crippen molar-refractivity contribution in [2.45, 2.75) is 52.5 Å². The third-order valence-electron chi connectivity index (χ3n) is 6.50. The van der Waals surface area contributed by atoms with Crippen molar-refractivity contribution in [2.75, 3.05) is 0 Å². The van der Waals surface area contributed by atoms with Crippen LogP contribution in [0.15, 0.2) is 91.0 Å². The predicted molar refractivity (Wildman–Crippen MR) is 138 cm³/mol. The van der Waals surface area contributed by atoms with E-state index in [1.54, 1.807) is 0 Å². The molecule has 33 heavy (non-hydrogen) atoms. The molecular formula is C31H33NO. The number of rotatable bonds is 10. The minimum atomic E-state index is 0.222. The smallest absolute Gasteiger partial charge is 0.162 e. The van der Waals surface area contributed by atoms with Crippen molar-refractivity contribution in [3.05, 3.63) is 119 Å². The number of hydrogen-bond acceptors (Lipinski definition) is 1. The van der Waals surface area contributed by atoms with Gasteiger partial charge >= 0.3 is 0 Å². The maximum absolute atomic E-state index is 12.8. The topological polar surface area (TPSA) is 22.0 Å². The fourth-order valence-electron chi connectivity index (χ4n) is 4.57. The summed E-state index contributed by atoms with van der Waals surface area (Å²) in [6.07, 6.45) is 4.42. The van der Waals surface area contributed by atoms with Gasteiger partial charge in [-0.3, -0.25) is 4.79 Å². The Bertz CT molecular complexity index is 1190. The highest BCUT2D eigenvalue weighted by Gasteiger charge is 2.11. The summed E-state index contributed by atoms with van der Waals surface area (Å²) < 4.78 is 2.45. The summed E-state index contributed by atoms with van der Waals surface area (Å²) in [4.78, 5) is 12.8. The van der Waals surface area contributed by atoms with Gasteiger partial charge in [0.05, 0.1) is 0 Å². The monoisotopic (exact) mass is 435 g/mol. The van der Waals surface area contributed by atoms with E-state index < -0.39 is 0 Å². The average Bonchev–Trinajstić information content (AvgIpc) is 3.26. The summed E-state index contributed by atoms with van der Waals surface area (Å²) in [6, 6.07) is 31.5. The van der Waals surface area contributed by atoms with Gasteiger partial charge in [-0.2, -0.15) is 0 Å². The van der Waals surface area contributed by atoms with E-state index in [9.17, 15) is 4.79 Å². The Morgan fingerprint density at radius 2 is 1.30 bits per heavy atom. The number of carbonyl (C=O) groups excluding carboxylic acids is 1. The van der Waals surface area contributed by atoms with Crippen molar-refractivity contribution in [1.82, 2.24) is 4.57 Å². The van der Waals surface area contributed by atoms with E-state index in [0.717, 1.165) is 43.4 Å². The van der Waals surface area contributed by atoms with Gasteiger partial charge in [-0.15, -0.1) is 0 Å². The van der Waals surface area contributed by atoms with Crippen LogP contribution in [-0.4, -0.2) is 10.4 Å². The zero-order valence-electron chi connectivity index (χ0n) is 19.8. The predicted octanol–water partition coefficient (Wildman–Crippen LogP) is 7.53. The standard InChI is InChI=1S/C31H33NO/c1-3-24-11-8-9-14-28(24)23-32-29(4-2)21-22-30(32)15-10-16-31(33)27-19-17-26(18-20-27)25-12-6-5-7-13-25/h5-9,11-14,17-22H,3-4,10,15-16,23H2,1-2H3. The lowest BCUT2D eigenvalue weighted by Crippen LogP contribution is -2.10. The molecule has 0 fully saturated rings. The van der Waals surface area contributed by atoms with Crippen molar-refractivity contribution < 1.29 is 4.79 Å². The lowest BCUT2D eigenvalue weighted by atomic mass is 10.00. The molecule has 0 unspecified atom stereocenters. The summed E-state index contributed by atoms with van der Waals surface area (Å²) in [5, 5.41) is 0. The molecule has 1 heterocycles. The van der Waals surface area contributed by atoms with Crippen molar-refractivity contribution in [3.63, 3.8) is 0 Å². The lowest BCUT2D eigenvalue weighted by molar-refractivity contribution is 0.0980. The highest BCUT2D eigenvalue weighted by molar-refractivity contribution is 5.96. The molecule has 0 radical (unpaired) electrons. The summed E-state index contributed by atoms with van der Waals surface area (Å²) in [7, 11) is 0. The van der Waals surface area contributed by atoms with Crippen molar-refractivity contribution >= 4 is 5.78 Å². The second-order valence-electron chi connectivity index (χ2n) is 8.60. The van der Waals surface area contributed by atoms with Crippen LogP contribution in [0.2, 0.25) is 0 Å². The van der Waals surface area contributed by atoms with Crippen LogP contribution in [0.1, 0.15) is 59.6 Å². The van der Waals surface area contributed by atoms with Crippen molar-refractivity contribution in [3.8, 4) is 11.1 Å². The highest BCUT2D eigenvalue weighted by atomic mass is 16.1. The van der Waals surface area contributed by atoms with Crippen LogP contribution in [0.25, 0.3) is 11.1 Å². The molecule has 0 atom stereocenters. The first-order valence-electron chi connectivity index (χ1n) is 12.1. The summed E-state index contributed by atoms with van der Waals surface area (Å²) in [5.41, 5.74) is 8.60. The molecular weight excluding hydrogens is 402 g/mol. The molecule has 3 aromatic carbocycles. The van der Waals surface area contributed by atoms with Gasteiger partial charge in [0.15, 0.2) is 5.78 Å². The molecule has 0 spiro atoms. The van der Waals surface area contributed by atoms with Gasteiger partial charge in [0, 0.05) is 29.9 Å². The SMILES string of the molecule is CCc1ccccc1Cn1c(CC)ccc1CCCC(=O)c1ccc(-c2ccccc2)cc1. The number of hydrogen-bond donors (Lipinski definition) is 0. The van der Waals surface area contributed by atoms with Crippen LogP contribution < -0.4 is 0 Å². The third kappa shape index (κ3) is 5.51. The van der Waals surface area contributed by atoms with Gasteiger partial charge in [-0.1, -0.05) is 92.7 Å². The van der Waals surface area contributed by atoms with Crippen molar-refractivity contribution in [2.24, 2.45) is 0 Å². The summed E-state index contributed by atoms with van der Waals surface area (Å²) in [6.45, 7) is 5.34. The van der Waals surface area contributed by atoms with Crippen LogP contribution >= 0.6 is 0 Å². The van der Waals surface area contributed by atoms with E-state index in [4.69, 9.17) is 0 Å². The number of carbonyl (C=O) groups is 1. The van der Waals surface area contributed by atoms with E-state index in [2.05, 4.69) is 66.9 Å². The van der Waals surface area contributed by atoms with Crippen LogP contribution in [-0.2, 0) is 25.8 Å². The molecule has 4 aromatic rings. The molecule has 0 bridgehead atoms. The van der Waals surface area contributed by atoms with E-state index in [1.807, 2.05) is 42.5 Å². The largest absolute Gasteiger partial charge is 0.344 e. The maximum atomic E-state index is 12.8. The van der Waals surface area contributed by atoms with Gasteiger partial charge in [0.1, 0.15) is 0 Å². The molecule has 4 rings (SSSR count). The molecule has 0 saturated heterocycles. The molecule has 0 saturated carbocycles. The Hall–Kier alpha value is -3.39. The number of nitrogens with zero attached hydrogens (tertiary/aromatic N) is 1. The Morgan fingerprint density at radius 1 is 0.667 bits per heavy atom. The summed E-state index contributed by atoms with van der Waals surface area (Å²) >= 11 is 0. The molecule has 0 aliphatic carbocycles. The first kappa shape index (κ1) is 22.8. The minimum absolute atomic E-state index is 0.222. The fourth-order valence-corrected chi connectivity index (χ4v) is 4.57. The molecule has 0 aliphatic rings. The first-order valence-corrected chi connectivity index (χ1v) is 12.1. The maximum Gasteiger partial charge on any atom is 0.162 e. The van der Waals surface area contributed by atoms with Crippen LogP contribution in [0, 0.1) is 0 Å². The summed E-state index contributed by atoms with van der Waals surface area (Å²) in [5.74, 6) is 0.222. The minimum Gasteiger partial charge on any atom is -0.344 e. The lowest BCUT2D eigenvalue weighted by Gasteiger charge is -2.15.